The van der Waals surface area contributed by atoms with Crippen LogP contribution in [0.1, 0.15) is 38.7 Å². The van der Waals surface area contributed by atoms with Crippen LogP contribution in [0.5, 0.6) is 5.88 Å². The molecule has 2 aliphatic heterocycles. The predicted molar refractivity (Wildman–Crippen MR) is 134 cm³/mol. The molecule has 0 unspecified atom stereocenters. The fourth-order valence-electron chi connectivity index (χ4n) is 5.30. The lowest BCUT2D eigenvalue weighted by Crippen LogP contribution is -2.61. The van der Waals surface area contributed by atoms with E-state index in [4.69, 9.17) is 0 Å². The van der Waals surface area contributed by atoms with Crippen LogP contribution in [0, 0.1) is 5.92 Å². The van der Waals surface area contributed by atoms with Gasteiger partial charge in [0.2, 0.25) is 5.88 Å². The fraction of sp³-hybridized carbons (Fsp3) is 0.577. The number of carbonyl (C=O) groups is 1. The van der Waals surface area contributed by atoms with E-state index in [9.17, 15) is 18.0 Å². The first-order chi connectivity index (χ1) is 17.7. The molecular formula is C26H35F3N6O2. The zero-order chi connectivity index (χ0) is 26.4. The van der Waals surface area contributed by atoms with Crippen molar-refractivity contribution in [2.24, 2.45) is 5.92 Å². The number of benzene rings is 1. The van der Waals surface area contributed by atoms with E-state index >= 15 is 0 Å². The minimum atomic E-state index is -4.81. The molecule has 0 spiro atoms. The number of nitrogens with zero attached hydrogens (tertiary/aromatic N) is 5. The molecule has 2 aromatic rings. The van der Waals surface area contributed by atoms with E-state index in [-0.39, 0.29) is 18.1 Å². The molecule has 11 heteroatoms. The van der Waals surface area contributed by atoms with Crippen molar-refractivity contribution in [3.63, 3.8) is 0 Å². The Bertz CT molecular complexity index is 988. The maximum absolute atomic E-state index is 13.0. The second kappa shape index (κ2) is 12.0. The Labute approximate surface area is 215 Å². The van der Waals surface area contributed by atoms with Crippen molar-refractivity contribution in [2.75, 3.05) is 37.6 Å². The predicted octanol–water partition coefficient (Wildman–Crippen LogP) is 4.29. The van der Waals surface area contributed by atoms with Crippen LogP contribution < -0.4 is 15.0 Å². The van der Waals surface area contributed by atoms with Gasteiger partial charge in [-0.25, -0.2) is 14.8 Å². The highest BCUT2D eigenvalue weighted by Crippen LogP contribution is 2.25. The van der Waals surface area contributed by atoms with Crippen molar-refractivity contribution >= 4 is 11.8 Å². The maximum atomic E-state index is 13.0. The number of amides is 2. The molecule has 0 aliphatic carbocycles. The summed E-state index contributed by atoms with van der Waals surface area (Å²) >= 11 is 0. The Hall–Kier alpha value is -3.08. The van der Waals surface area contributed by atoms with Gasteiger partial charge in [-0.2, -0.15) is 0 Å². The van der Waals surface area contributed by atoms with Crippen LogP contribution in [0.4, 0.5) is 23.8 Å². The zero-order valence-corrected chi connectivity index (χ0v) is 21.3. The number of piperazine rings is 1. The molecular weight excluding hydrogens is 485 g/mol. The lowest BCUT2D eigenvalue weighted by molar-refractivity contribution is -0.276. The van der Waals surface area contributed by atoms with Gasteiger partial charge in [0.15, 0.2) is 0 Å². The van der Waals surface area contributed by atoms with E-state index < -0.39 is 12.2 Å². The van der Waals surface area contributed by atoms with Crippen LogP contribution in [-0.2, 0) is 6.54 Å². The van der Waals surface area contributed by atoms with Crippen molar-refractivity contribution in [1.82, 2.24) is 25.1 Å². The first-order valence-electron chi connectivity index (χ1n) is 12.8. The van der Waals surface area contributed by atoms with Crippen LogP contribution in [0.15, 0.2) is 42.7 Å². The van der Waals surface area contributed by atoms with Gasteiger partial charge in [-0.1, -0.05) is 30.3 Å². The summed E-state index contributed by atoms with van der Waals surface area (Å²) in [5.74, 6) is 0.464. The number of halogens is 3. The molecule has 37 heavy (non-hydrogen) atoms. The number of likely N-dealkylation sites (tertiary alicyclic amines) is 1. The number of anilines is 1. The Morgan fingerprint density at radius 3 is 2.32 bits per heavy atom. The molecule has 4 rings (SSSR count). The zero-order valence-electron chi connectivity index (χ0n) is 21.3. The average molecular weight is 521 g/mol. The molecule has 0 saturated carbocycles. The summed E-state index contributed by atoms with van der Waals surface area (Å²) in [6.07, 6.45) is 0.669. The minimum absolute atomic E-state index is 0.0822. The van der Waals surface area contributed by atoms with Gasteiger partial charge < -0.3 is 19.9 Å². The van der Waals surface area contributed by atoms with Gasteiger partial charge in [-0.05, 0) is 57.7 Å². The molecule has 1 N–H and O–H groups in total. The topological polar surface area (TPSA) is 73.8 Å². The van der Waals surface area contributed by atoms with Gasteiger partial charge >= 0.3 is 12.4 Å². The van der Waals surface area contributed by atoms with Crippen LogP contribution in [-0.4, -0.2) is 77.0 Å². The lowest BCUT2D eigenvalue weighted by atomic mass is 9.93. The summed E-state index contributed by atoms with van der Waals surface area (Å²) in [5.41, 5.74) is 1.34. The number of aromatic nitrogens is 2. The second-order valence-corrected chi connectivity index (χ2v) is 10.00. The Morgan fingerprint density at radius 2 is 1.73 bits per heavy atom. The van der Waals surface area contributed by atoms with Crippen LogP contribution in [0.2, 0.25) is 0 Å². The molecule has 0 radical (unpaired) electrons. The summed E-state index contributed by atoms with van der Waals surface area (Å²) in [6, 6.07) is 10.2. The first kappa shape index (κ1) is 27.0. The van der Waals surface area contributed by atoms with E-state index in [1.54, 1.807) is 0 Å². The van der Waals surface area contributed by atoms with Crippen LogP contribution in [0.25, 0.3) is 0 Å². The monoisotopic (exact) mass is 520 g/mol. The van der Waals surface area contributed by atoms with E-state index in [1.807, 2.05) is 29.7 Å². The number of nitrogens with one attached hydrogen (secondary N) is 1. The minimum Gasteiger partial charge on any atom is -0.386 e. The maximum Gasteiger partial charge on any atom is 0.574 e. The van der Waals surface area contributed by atoms with Gasteiger partial charge in [0.25, 0.3) is 0 Å². The normalized spacial score (nSPS) is 21.6. The molecule has 2 fully saturated rings. The number of alkyl halides is 3. The van der Waals surface area contributed by atoms with E-state index in [2.05, 4.69) is 49.2 Å². The van der Waals surface area contributed by atoms with E-state index in [0.717, 1.165) is 45.1 Å². The smallest absolute Gasteiger partial charge is 0.386 e. The number of carbonyl (C=O) groups excluding carboxylic acids is 1. The molecule has 3 heterocycles. The number of piperidine rings is 1. The van der Waals surface area contributed by atoms with Gasteiger partial charge in [0.1, 0.15) is 5.82 Å². The van der Waals surface area contributed by atoms with Crippen molar-refractivity contribution in [2.45, 2.75) is 58.1 Å². The highest BCUT2D eigenvalue weighted by Gasteiger charge is 2.34. The number of hydrogen-bond acceptors (Lipinski definition) is 6. The fourth-order valence-corrected chi connectivity index (χ4v) is 5.30. The molecule has 2 saturated heterocycles. The third-order valence-electron chi connectivity index (χ3n) is 7.10. The average Bonchev–Trinajstić information content (AvgIpc) is 2.85. The highest BCUT2D eigenvalue weighted by atomic mass is 19.4. The van der Waals surface area contributed by atoms with Gasteiger partial charge in [0, 0.05) is 38.3 Å². The molecule has 2 aliphatic rings. The second-order valence-electron chi connectivity index (χ2n) is 10.00. The molecule has 1 aromatic heterocycles. The molecule has 2 atom stereocenters. The summed E-state index contributed by atoms with van der Waals surface area (Å²) in [5, 5.41) is 3.10. The number of ether oxygens (including phenoxy) is 1. The molecule has 1 aromatic carbocycles. The van der Waals surface area contributed by atoms with Crippen molar-refractivity contribution in [3.05, 3.63) is 48.3 Å². The van der Waals surface area contributed by atoms with Crippen LogP contribution in [0.3, 0.4) is 0 Å². The third kappa shape index (κ3) is 7.70. The quantitative estimate of drug-likeness (QED) is 0.588. The molecule has 2 amide bonds. The SMILES string of the molecule is C[C@@H]1CN(c2cnc(OC(F)(F)F)cn2)C[C@@H](C)N1C(=O)NCCC1CCN(Cc2ccccc2)CC1. The van der Waals surface area contributed by atoms with Gasteiger partial charge in [-0.3, -0.25) is 4.90 Å². The number of rotatable bonds is 7. The van der Waals surface area contributed by atoms with Gasteiger partial charge in [-0.15, -0.1) is 13.2 Å². The highest BCUT2D eigenvalue weighted by molar-refractivity contribution is 5.75. The largest absolute Gasteiger partial charge is 0.574 e. The first-order valence-corrected chi connectivity index (χ1v) is 12.8. The third-order valence-corrected chi connectivity index (χ3v) is 7.10. The van der Waals surface area contributed by atoms with Crippen LogP contribution >= 0.6 is 0 Å². The summed E-state index contributed by atoms with van der Waals surface area (Å²) in [4.78, 5) is 27.0. The Balaban J connectivity index is 1.19. The molecule has 0 bridgehead atoms. The van der Waals surface area contributed by atoms with E-state index in [0.29, 0.717) is 31.4 Å². The van der Waals surface area contributed by atoms with Crippen molar-refractivity contribution in [1.29, 1.82) is 0 Å². The Kier molecular flexibility index (Phi) is 8.73. The number of hydrogen-bond donors (Lipinski definition) is 1. The summed E-state index contributed by atoms with van der Waals surface area (Å²) in [7, 11) is 0. The van der Waals surface area contributed by atoms with Crippen molar-refractivity contribution < 1.29 is 22.7 Å². The van der Waals surface area contributed by atoms with Crippen molar-refractivity contribution in [3.8, 4) is 5.88 Å². The standard InChI is InChI=1S/C26H35F3N6O2/c1-19-16-34(23-14-32-24(15-31-23)37-26(27,28)29)17-20(2)35(19)25(36)30-11-8-21-9-12-33(13-10-21)18-22-6-4-3-5-7-22/h3-7,14-15,19-21H,8-13,16-18H2,1-2H3,(H,30,36)/t19-,20-/m1/s1. The number of urea groups is 1. The lowest BCUT2D eigenvalue weighted by Gasteiger charge is -2.44. The van der Waals surface area contributed by atoms with Gasteiger partial charge in [0.05, 0.1) is 12.4 Å². The van der Waals surface area contributed by atoms with E-state index in [1.165, 1.54) is 11.8 Å². The summed E-state index contributed by atoms with van der Waals surface area (Å²) in [6.45, 7) is 8.72. The summed E-state index contributed by atoms with van der Waals surface area (Å²) < 4.78 is 40.9. The molecule has 8 nitrogen and oxygen atoms in total. The molecule has 202 valence electrons. The Morgan fingerprint density at radius 1 is 1.05 bits per heavy atom.